The first-order valence-corrected chi connectivity index (χ1v) is 9.52. The molecule has 0 N–H and O–H groups in total. The molecule has 6 nitrogen and oxygen atoms in total. The summed E-state index contributed by atoms with van der Waals surface area (Å²) in [7, 11) is 0. The van der Waals surface area contributed by atoms with Gasteiger partial charge in [-0.15, -0.1) is 0 Å². The van der Waals surface area contributed by atoms with Crippen molar-refractivity contribution in [2.24, 2.45) is 0 Å². The molecule has 2 amide bonds. The van der Waals surface area contributed by atoms with Crippen LogP contribution in [0.2, 0.25) is 0 Å². The Morgan fingerprint density at radius 3 is 2.68 bits per heavy atom. The number of furan rings is 1. The van der Waals surface area contributed by atoms with E-state index >= 15 is 0 Å². The quantitative estimate of drug-likeness (QED) is 0.836. The molecule has 0 saturated carbocycles. The maximum Gasteiger partial charge on any atom is 0.290 e. The summed E-state index contributed by atoms with van der Waals surface area (Å²) in [4.78, 5) is 31.8. The van der Waals surface area contributed by atoms with Gasteiger partial charge in [-0.1, -0.05) is 0 Å². The van der Waals surface area contributed by atoms with Crippen molar-refractivity contribution in [2.45, 2.75) is 51.1 Å². The average Bonchev–Trinajstić information content (AvgIpc) is 3.33. The van der Waals surface area contributed by atoms with Crippen molar-refractivity contribution in [2.75, 3.05) is 32.7 Å². The molecule has 3 aliphatic heterocycles. The summed E-state index contributed by atoms with van der Waals surface area (Å²) in [6.07, 6.45) is 6.30. The van der Waals surface area contributed by atoms with Crippen molar-refractivity contribution < 1.29 is 14.0 Å². The van der Waals surface area contributed by atoms with Crippen molar-refractivity contribution >= 4 is 11.8 Å². The molecule has 1 aromatic heterocycles. The van der Waals surface area contributed by atoms with Gasteiger partial charge in [-0.25, -0.2) is 0 Å². The summed E-state index contributed by atoms with van der Waals surface area (Å²) in [5.74, 6) is 0.675. The Hall–Kier alpha value is -1.82. The van der Waals surface area contributed by atoms with Gasteiger partial charge in [0.15, 0.2) is 5.76 Å². The van der Waals surface area contributed by atoms with Crippen LogP contribution in [0.5, 0.6) is 0 Å². The lowest BCUT2D eigenvalue weighted by atomic mass is 9.96. The summed E-state index contributed by atoms with van der Waals surface area (Å²) in [5.41, 5.74) is 0.881. The maximum atomic E-state index is 12.9. The van der Waals surface area contributed by atoms with E-state index in [-0.39, 0.29) is 23.9 Å². The summed E-state index contributed by atoms with van der Waals surface area (Å²) in [5, 5.41) is 0. The Morgan fingerprint density at radius 1 is 1.16 bits per heavy atom. The number of piperidine rings is 1. The van der Waals surface area contributed by atoms with Crippen LogP contribution in [0.3, 0.4) is 0 Å². The van der Waals surface area contributed by atoms with Gasteiger partial charge in [0, 0.05) is 31.6 Å². The van der Waals surface area contributed by atoms with Crippen molar-refractivity contribution in [3.05, 3.63) is 23.7 Å². The van der Waals surface area contributed by atoms with Crippen LogP contribution in [0.4, 0.5) is 0 Å². The highest BCUT2D eigenvalue weighted by Crippen LogP contribution is 2.33. The zero-order valence-corrected chi connectivity index (χ0v) is 14.9. The van der Waals surface area contributed by atoms with Crippen LogP contribution in [0.1, 0.15) is 48.2 Å². The van der Waals surface area contributed by atoms with Crippen LogP contribution >= 0.6 is 0 Å². The lowest BCUT2D eigenvalue weighted by molar-refractivity contribution is -0.137. The van der Waals surface area contributed by atoms with E-state index < -0.39 is 0 Å². The molecular formula is C19H27N3O3. The molecule has 3 saturated heterocycles. The van der Waals surface area contributed by atoms with E-state index in [0.717, 1.165) is 44.6 Å². The zero-order valence-electron chi connectivity index (χ0n) is 14.9. The van der Waals surface area contributed by atoms with Gasteiger partial charge >= 0.3 is 0 Å². The first-order valence-electron chi connectivity index (χ1n) is 9.52. The van der Waals surface area contributed by atoms with Crippen molar-refractivity contribution in [3.63, 3.8) is 0 Å². The lowest BCUT2D eigenvalue weighted by Crippen LogP contribution is -2.54. The highest BCUT2D eigenvalue weighted by atomic mass is 16.3. The van der Waals surface area contributed by atoms with Crippen LogP contribution < -0.4 is 0 Å². The van der Waals surface area contributed by atoms with E-state index in [0.29, 0.717) is 18.7 Å². The van der Waals surface area contributed by atoms with Crippen LogP contribution in [-0.4, -0.2) is 71.3 Å². The molecular weight excluding hydrogens is 318 g/mol. The van der Waals surface area contributed by atoms with Gasteiger partial charge in [-0.2, -0.15) is 0 Å². The van der Waals surface area contributed by atoms with Gasteiger partial charge in [0.2, 0.25) is 5.91 Å². The van der Waals surface area contributed by atoms with E-state index in [1.54, 1.807) is 6.26 Å². The molecule has 0 aromatic carbocycles. The number of hydrogen-bond acceptors (Lipinski definition) is 4. The number of carbonyl (C=O) groups is 2. The van der Waals surface area contributed by atoms with E-state index in [4.69, 9.17) is 4.42 Å². The Bertz CT molecular complexity index is 650. The first-order chi connectivity index (χ1) is 12.1. The lowest BCUT2D eigenvalue weighted by Gasteiger charge is -2.40. The predicted octanol–water partition coefficient (Wildman–Crippen LogP) is 1.89. The van der Waals surface area contributed by atoms with Crippen molar-refractivity contribution in [1.29, 1.82) is 0 Å². The van der Waals surface area contributed by atoms with Gasteiger partial charge in [0.05, 0.1) is 18.3 Å². The monoisotopic (exact) mass is 345 g/mol. The highest BCUT2D eigenvalue weighted by Gasteiger charge is 2.45. The normalized spacial score (nSPS) is 27.2. The second kappa shape index (κ2) is 6.83. The van der Waals surface area contributed by atoms with E-state index in [1.165, 1.54) is 12.8 Å². The minimum Gasteiger partial charge on any atom is -0.459 e. The molecule has 0 bridgehead atoms. The fraction of sp³-hybridized carbons (Fsp3) is 0.684. The maximum absolute atomic E-state index is 12.9. The number of aryl methyl sites for hydroxylation is 1. The molecule has 136 valence electrons. The Kier molecular flexibility index (Phi) is 4.54. The van der Waals surface area contributed by atoms with Crippen molar-refractivity contribution in [1.82, 2.24) is 14.7 Å². The molecule has 0 aliphatic carbocycles. The second-order valence-corrected chi connectivity index (χ2v) is 7.53. The SMILES string of the molecule is Cc1ccoc1C(=O)N1CC[C@H]2[C@@H]1CCC(=O)N2CCN1CCCC1. The van der Waals surface area contributed by atoms with E-state index in [9.17, 15) is 9.59 Å². The Balaban J connectivity index is 1.45. The van der Waals surface area contributed by atoms with Gasteiger partial charge in [-0.05, 0) is 51.8 Å². The summed E-state index contributed by atoms with van der Waals surface area (Å²) < 4.78 is 5.40. The molecule has 4 rings (SSSR count). The average molecular weight is 345 g/mol. The number of likely N-dealkylation sites (tertiary alicyclic amines) is 3. The molecule has 0 unspecified atom stereocenters. The first kappa shape index (κ1) is 16.6. The standard InChI is InChI=1S/C19H27N3O3/c1-14-7-13-25-18(14)19(24)22-10-6-16-15(22)4-5-17(23)21(16)12-11-20-8-2-3-9-20/h7,13,15-16H,2-6,8-12H2,1H3/t15-,16-/m0/s1. The number of nitrogens with zero attached hydrogens (tertiary/aromatic N) is 3. The third kappa shape index (κ3) is 3.08. The number of amides is 2. The molecule has 0 spiro atoms. The van der Waals surface area contributed by atoms with E-state index in [1.807, 2.05) is 17.9 Å². The smallest absolute Gasteiger partial charge is 0.290 e. The third-order valence-corrected chi connectivity index (χ3v) is 6.06. The number of hydrogen-bond donors (Lipinski definition) is 0. The van der Waals surface area contributed by atoms with Gasteiger partial charge in [0.25, 0.3) is 5.91 Å². The van der Waals surface area contributed by atoms with Crippen LogP contribution in [0, 0.1) is 6.92 Å². The van der Waals surface area contributed by atoms with Gasteiger partial charge in [-0.3, -0.25) is 9.59 Å². The predicted molar refractivity (Wildman–Crippen MR) is 93.3 cm³/mol. The van der Waals surface area contributed by atoms with Crippen LogP contribution in [-0.2, 0) is 4.79 Å². The minimum absolute atomic E-state index is 0.0242. The largest absolute Gasteiger partial charge is 0.459 e. The molecule has 4 heterocycles. The Labute approximate surface area is 148 Å². The van der Waals surface area contributed by atoms with Crippen molar-refractivity contribution in [3.8, 4) is 0 Å². The number of fused-ring (bicyclic) bond motifs is 1. The second-order valence-electron chi connectivity index (χ2n) is 7.53. The fourth-order valence-corrected chi connectivity index (χ4v) is 4.67. The van der Waals surface area contributed by atoms with E-state index in [2.05, 4.69) is 9.80 Å². The molecule has 3 aliphatic rings. The van der Waals surface area contributed by atoms with Gasteiger partial charge < -0.3 is 19.1 Å². The topological polar surface area (TPSA) is 57.0 Å². The molecule has 3 fully saturated rings. The van der Waals surface area contributed by atoms with Crippen LogP contribution in [0.15, 0.2) is 16.7 Å². The Morgan fingerprint density at radius 2 is 1.96 bits per heavy atom. The van der Waals surface area contributed by atoms with Gasteiger partial charge in [0.1, 0.15) is 0 Å². The third-order valence-electron chi connectivity index (χ3n) is 6.06. The summed E-state index contributed by atoms with van der Waals surface area (Å²) >= 11 is 0. The molecule has 25 heavy (non-hydrogen) atoms. The molecule has 6 heteroatoms. The number of carbonyl (C=O) groups excluding carboxylic acids is 2. The zero-order chi connectivity index (χ0) is 17.4. The molecule has 0 radical (unpaired) electrons. The number of rotatable bonds is 4. The summed E-state index contributed by atoms with van der Waals surface area (Å²) in [6, 6.07) is 2.13. The van der Waals surface area contributed by atoms with Crippen LogP contribution in [0.25, 0.3) is 0 Å². The molecule has 1 aromatic rings. The molecule has 2 atom stereocenters. The minimum atomic E-state index is -0.0242. The highest BCUT2D eigenvalue weighted by molar-refractivity contribution is 5.93. The summed E-state index contributed by atoms with van der Waals surface area (Å²) in [6.45, 7) is 6.66. The fourth-order valence-electron chi connectivity index (χ4n) is 4.67.